The number of benzene rings is 1. The van der Waals surface area contributed by atoms with Crippen molar-refractivity contribution in [3.05, 3.63) is 68.9 Å². The van der Waals surface area contributed by atoms with Gasteiger partial charge in [0, 0.05) is 29.3 Å². The lowest BCUT2D eigenvalue weighted by atomic mass is 10.1. The predicted molar refractivity (Wildman–Crippen MR) is 114 cm³/mol. The van der Waals surface area contributed by atoms with E-state index in [-0.39, 0.29) is 17.7 Å². The van der Waals surface area contributed by atoms with Gasteiger partial charge in [-0.25, -0.2) is 4.79 Å². The minimum atomic E-state index is -0.913. The highest BCUT2D eigenvalue weighted by molar-refractivity contribution is 7.13. The summed E-state index contributed by atoms with van der Waals surface area (Å²) in [5.41, 5.74) is 0.903. The summed E-state index contributed by atoms with van der Waals surface area (Å²) in [5, 5.41) is 9.63. The maximum absolute atomic E-state index is 12.2. The summed E-state index contributed by atoms with van der Waals surface area (Å²) in [4.78, 5) is 38.5. The number of ketones is 1. The molecular formula is C22H22ClNO4S. The zero-order valence-corrected chi connectivity index (χ0v) is 17.4. The van der Waals surface area contributed by atoms with Crippen molar-refractivity contribution in [2.24, 2.45) is 0 Å². The van der Waals surface area contributed by atoms with Gasteiger partial charge in [-0.2, -0.15) is 0 Å². The smallest absolute Gasteiger partial charge is 0.345 e. The number of carbonyl (C=O) groups is 3. The molecule has 2 heterocycles. The number of carbonyl (C=O) groups excluding carboxylic acids is 2. The number of thiophene rings is 1. The van der Waals surface area contributed by atoms with Crippen LogP contribution < -0.4 is 0 Å². The standard InChI is InChI=1S/C22H22ClNO4S/c23-16-5-3-15(4-6-16)14-18(25)9-7-17-8-12-21(26)24(17)13-1-2-19-10-11-20(29-19)22(27)28/h3-7,9-11,17H,1-2,8,12-14H2,(H,27,28)/b9-7+. The molecule has 1 fully saturated rings. The fourth-order valence-corrected chi connectivity index (χ4v) is 4.39. The third-order valence-electron chi connectivity index (χ3n) is 4.87. The molecule has 0 bridgehead atoms. The number of likely N-dealkylation sites (tertiary alicyclic amines) is 1. The van der Waals surface area contributed by atoms with Crippen molar-refractivity contribution in [2.45, 2.75) is 38.1 Å². The van der Waals surface area contributed by atoms with E-state index < -0.39 is 5.97 Å². The molecule has 1 N–H and O–H groups in total. The first kappa shape index (κ1) is 21.3. The number of hydrogen-bond acceptors (Lipinski definition) is 4. The topological polar surface area (TPSA) is 74.7 Å². The van der Waals surface area contributed by atoms with Crippen LogP contribution in [0, 0.1) is 0 Å². The Morgan fingerprint density at radius 2 is 1.97 bits per heavy atom. The molecule has 0 radical (unpaired) electrons. The van der Waals surface area contributed by atoms with Gasteiger partial charge in [0.05, 0.1) is 6.04 Å². The fraction of sp³-hybridized carbons (Fsp3) is 0.318. The Balaban J connectivity index is 1.51. The quantitative estimate of drug-likeness (QED) is 0.597. The zero-order valence-electron chi connectivity index (χ0n) is 15.8. The van der Waals surface area contributed by atoms with Crippen molar-refractivity contribution in [2.75, 3.05) is 6.54 Å². The van der Waals surface area contributed by atoms with Crippen LogP contribution >= 0.6 is 22.9 Å². The first-order chi connectivity index (χ1) is 13.9. The molecule has 0 saturated carbocycles. The molecule has 29 heavy (non-hydrogen) atoms. The molecule has 7 heteroatoms. The van der Waals surface area contributed by atoms with Crippen molar-refractivity contribution in [3.8, 4) is 0 Å². The Labute approximate surface area is 178 Å². The number of rotatable bonds is 9. The number of nitrogens with zero attached hydrogens (tertiary/aromatic N) is 1. The van der Waals surface area contributed by atoms with Crippen LogP contribution in [0.1, 0.15) is 39.4 Å². The average Bonchev–Trinajstić information content (AvgIpc) is 3.30. The summed E-state index contributed by atoms with van der Waals surface area (Å²) in [6, 6.07) is 10.6. The summed E-state index contributed by atoms with van der Waals surface area (Å²) in [6.07, 6.45) is 6.40. The van der Waals surface area contributed by atoms with Crippen molar-refractivity contribution >= 4 is 40.6 Å². The second-order valence-electron chi connectivity index (χ2n) is 7.00. The number of carboxylic acids is 1. The molecule has 1 aromatic heterocycles. The van der Waals surface area contributed by atoms with Gasteiger partial charge in [0.25, 0.3) is 0 Å². The van der Waals surface area contributed by atoms with Gasteiger partial charge in [0.1, 0.15) is 4.88 Å². The van der Waals surface area contributed by atoms with E-state index in [0.717, 1.165) is 23.3 Å². The van der Waals surface area contributed by atoms with Crippen LogP contribution in [-0.2, 0) is 22.4 Å². The van der Waals surface area contributed by atoms with E-state index in [2.05, 4.69) is 0 Å². The lowest BCUT2D eigenvalue weighted by Gasteiger charge is -2.22. The molecule has 152 valence electrons. The Morgan fingerprint density at radius 1 is 1.21 bits per heavy atom. The SMILES string of the molecule is O=C(/C=C/C1CCC(=O)N1CCCc1ccc(C(=O)O)s1)Cc1ccc(Cl)cc1. The fourth-order valence-electron chi connectivity index (χ4n) is 3.38. The van der Waals surface area contributed by atoms with Gasteiger partial charge in [0.15, 0.2) is 5.78 Å². The van der Waals surface area contributed by atoms with E-state index >= 15 is 0 Å². The average molecular weight is 432 g/mol. The van der Waals surface area contributed by atoms with Gasteiger partial charge in [0.2, 0.25) is 5.91 Å². The van der Waals surface area contributed by atoms with E-state index in [1.54, 1.807) is 24.3 Å². The number of allylic oxidation sites excluding steroid dienone is 1. The molecule has 1 aliphatic heterocycles. The van der Waals surface area contributed by atoms with Gasteiger partial charge in [-0.1, -0.05) is 29.8 Å². The molecule has 0 aliphatic carbocycles. The van der Waals surface area contributed by atoms with Crippen LogP contribution in [0.25, 0.3) is 0 Å². The maximum Gasteiger partial charge on any atom is 0.345 e. The molecule has 1 aromatic carbocycles. The second kappa shape index (κ2) is 9.85. The van der Waals surface area contributed by atoms with Crippen molar-refractivity contribution < 1.29 is 19.5 Å². The van der Waals surface area contributed by atoms with E-state index in [0.29, 0.717) is 35.7 Å². The first-order valence-electron chi connectivity index (χ1n) is 9.49. The number of carboxylic acid groups (broad SMARTS) is 1. The van der Waals surface area contributed by atoms with Crippen LogP contribution in [0.2, 0.25) is 5.02 Å². The lowest BCUT2D eigenvalue weighted by Crippen LogP contribution is -2.33. The predicted octanol–water partition coefficient (Wildman–Crippen LogP) is 4.39. The molecule has 1 amide bonds. The number of amides is 1. The van der Waals surface area contributed by atoms with Gasteiger partial charge < -0.3 is 10.0 Å². The molecule has 5 nitrogen and oxygen atoms in total. The Hall–Kier alpha value is -2.44. The van der Waals surface area contributed by atoms with Crippen LogP contribution in [0.4, 0.5) is 0 Å². The maximum atomic E-state index is 12.2. The van der Waals surface area contributed by atoms with Gasteiger partial charge in [-0.05, 0) is 55.2 Å². The van der Waals surface area contributed by atoms with E-state index in [1.807, 2.05) is 29.2 Å². The largest absolute Gasteiger partial charge is 0.477 e. The number of halogens is 1. The van der Waals surface area contributed by atoms with Gasteiger partial charge >= 0.3 is 5.97 Å². The molecule has 0 spiro atoms. The zero-order chi connectivity index (χ0) is 20.8. The molecule has 3 rings (SSSR count). The summed E-state index contributed by atoms with van der Waals surface area (Å²) < 4.78 is 0. The minimum Gasteiger partial charge on any atom is -0.477 e. The van der Waals surface area contributed by atoms with Gasteiger partial charge in [-0.3, -0.25) is 9.59 Å². The van der Waals surface area contributed by atoms with Crippen LogP contribution in [0.3, 0.4) is 0 Å². The summed E-state index contributed by atoms with van der Waals surface area (Å²) in [7, 11) is 0. The molecule has 1 saturated heterocycles. The van der Waals surface area contributed by atoms with Crippen molar-refractivity contribution in [1.29, 1.82) is 0 Å². The van der Waals surface area contributed by atoms with Crippen molar-refractivity contribution in [3.63, 3.8) is 0 Å². The molecule has 2 aromatic rings. The van der Waals surface area contributed by atoms with Crippen LogP contribution in [0.5, 0.6) is 0 Å². The minimum absolute atomic E-state index is 0.00796. The highest BCUT2D eigenvalue weighted by Gasteiger charge is 2.28. The normalized spacial score (nSPS) is 16.7. The number of aryl methyl sites for hydroxylation is 1. The van der Waals surface area contributed by atoms with E-state index in [1.165, 1.54) is 11.3 Å². The van der Waals surface area contributed by atoms with Crippen LogP contribution in [0.15, 0.2) is 48.6 Å². The number of aromatic carboxylic acids is 1. The molecule has 1 aliphatic rings. The summed E-state index contributed by atoms with van der Waals surface area (Å²) in [6.45, 7) is 0.597. The number of hydrogen-bond donors (Lipinski definition) is 1. The Kier molecular flexibility index (Phi) is 7.23. The first-order valence-corrected chi connectivity index (χ1v) is 10.7. The Morgan fingerprint density at radius 3 is 2.66 bits per heavy atom. The second-order valence-corrected chi connectivity index (χ2v) is 8.60. The monoisotopic (exact) mass is 431 g/mol. The van der Waals surface area contributed by atoms with Crippen molar-refractivity contribution in [1.82, 2.24) is 4.90 Å². The lowest BCUT2D eigenvalue weighted by molar-refractivity contribution is -0.128. The highest BCUT2D eigenvalue weighted by atomic mass is 35.5. The molecule has 1 atom stereocenters. The van der Waals surface area contributed by atoms with E-state index in [4.69, 9.17) is 16.7 Å². The summed E-state index contributed by atoms with van der Waals surface area (Å²) >= 11 is 7.13. The van der Waals surface area contributed by atoms with E-state index in [9.17, 15) is 14.4 Å². The molecule has 1 unspecified atom stereocenters. The Bertz CT molecular complexity index is 919. The third-order valence-corrected chi connectivity index (χ3v) is 6.25. The van der Waals surface area contributed by atoms with Gasteiger partial charge in [-0.15, -0.1) is 11.3 Å². The van der Waals surface area contributed by atoms with Crippen LogP contribution in [-0.4, -0.2) is 40.3 Å². The molecular weight excluding hydrogens is 410 g/mol. The summed E-state index contributed by atoms with van der Waals surface area (Å²) in [5.74, 6) is -0.821. The third kappa shape index (κ3) is 6.02. The highest BCUT2D eigenvalue weighted by Crippen LogP contribution is 2.22.